The molecule has 2 aromatic carbocycles. The van der Waals surface area contributed by atoms with E-state index in [1.54, 1.807) is 0 Å². The summed E-state index contributed by atoms with van der Waals surface area (Å²) in [5.74, 6) is 0.548. The number of aromatic nitrogens is 2. The summed E-state index contributed by atoms with van der Waals surface area (Å²) in [4.78, 5) is 12.6. The van der Waals surface area contributed by atoms with Crippen LogP contribution < -0.4 is 5.32 Å². The lowest BCUT2D eigenvalue weighted by Crippen LogP contribution is -2.17. The molecular formula is C18H15BrIN3O. The Labute approximate surface area is 162 Å². The molecule has 0 aliphatic carbocycles. The summed E-state index contributed by atoms with van der Waals surface area (Å²) in [6.45, 7) is 2.53. The molecule has 0 unspecified atom stereocenters. The van der Waals surface area contributed by atoms with Gasteiger partial charge in [0.05, 0.1) is 17.8 Å². The third kappa shape index (κ3) is 4.05. The van der Waals surface area contributed by atoms with Gasteiger partial charge in [0.2, 0.25) is 0 Å². The van der Waals surface area contributed by atoms with Gasteiger partial charge < -0.3 is 5.32 Å². The van der Waals surface area contributed by atoms with E-state index < -0.39 is 0 Å². The van der Waals surface area contributed by atoms with Gasteiger partial charge in [0.15, 0.2) is 0 Å². The van der Waals surface area contributed by atoms with Crippen molar-refractivity contribution in [2.45, 2.75) is 13.5 Å². The van der Waals surface area contributed by atoms with Crippen LogP contribution in [0.2, 0.25) is 0 Å². The van der Waals surface area contributed by atoms with Gasteiger partial charge in [-0.1, -0.05) is 46.3 Å². The molecule has 1 amide bonds. The van der Waals surface area contributed by atoms with Crippen LogP contribution in [0.15, 0.2) is 59.1 Å². The number of nitrogens with zero attached hydrogens (tertiary/aromatic N) is 2. The average Bonchev–Trinajstić information content (AvgIpc) is 2.90. The number of carbonyl (C=O) groups is 1. The van der Waals surface area contributed by atoms with E-state index in [0.717, 1.165) is 19.3 Å². The largest absolute Gasteiger partial charge is 0.307 e. The number of rotatable bonds is 4. The van der Waals surface area contributed by atoms with Gasteiger partial charge in [0.25, 0.3) is 5.91 Å². The Morgan fingerprint density at radius 3 is 2.71 bits per heavy atom. The molecule has 1 heterocycles. The second-order valence-electron chi connectivity index (χ2n) is 5.39. The highest BCUT2D eigenvalue weighted by Gasteiger charge is 2.14. The molecule has 0 spiro atoms. The highest BCUT2D eigenvalue weighted by Crippen LogP contribution is 2.20. The highest BCUT2D eigenvalue weighted by atomic mass is 127. The number of anilines is 1. The zero-order valence-corrected chi connectivity index (χ0v) is 16.7. The van der Waals surface area contributed by atoms with Crippen molar-refractivity contribution in [3.05, 3.63) is 79.5 Å². The molecule has 0 atom stereocenters. The maximum Gasteiger partial charge on any atom is 0.257 e. The summed E-state index contributed by atoms with van der Waals surface area (Å²) in [5.41, 5.74) is 2.63. The van der Waals surface area contributed by atoms with E-state index in [9.17, 15) is 4.79 Å². The van der Waals surface area contributed by atoms with E-state index in [0.29, 0.717) is 17.9 Å². The van der Waals surface area contributed by atoms with Crippen molar-refractivity contribution < 1.29 is 4.79 Å². The molecule has 0 saturated carbocycles. The summed E-state index contributed by atoms with van der Waals surface area (Å²) >= 11 is 5.58. The zero-order valence-electron chi connectivity index (χ0n) is 13.0. The maximum atomic E-state index is 12.6. The highest BCUT2D eigenvalue weighted by molar-refractivity contribution is 14.1. The van der Waals surface area contributed by atoms with Crippen LogP contribution in [0.25, 0.3) is 0 Å². The molecule has 3 rings (SSSR count). The van der Waals surface area contributed by atoms with Crippen LogP contribution in [-0.4, -0.2) is 15.7 Å². The topological polar surface area (TPSA) is 46.9 Å². The maximum absolute atomic E-state index is 12.6. The number of halogens is 2. The van der Waals surface area contributed by atoms with Gasteiger partial charge in [-0.3, -0.25) is 4.79 Å². The third-order valence-corrected chi connectivity index (χ3v) is 4.93. The Bertz CT molecular complexity index is 877. The smallest absolute Gasteiger partial charge is 0.257 e. The molecule has 24 heavy (non-hydrogen) atoms. The fourth-order valence-corrected chi connectivity index (χ4v) is 3.32. The predicted octanol–water partition coefficient (Wildman–Crippen LogP) is 4.86. The second-order valence-corrected chi connectivity index (χ2v) is 7.47. The first kappa shape index (κ1) is 17.2. The standard InChI is InChI=1S/C18H15BrIN3O/c1-12-9-17(23(22-12)11-13-5-3-2-4-6-13)21-18(24)15-10-14(19)7-8-16(15)20/h2-10H,11H2,1H3,(H,21,24). The van der Waals surface area contributed by atoms with Crippen molar-refractivity contribution in [1.82, 2.24) is 9.78 Å². The van der Waals surface area contributed by atoms with Gasteiger partial charge in [-0.2, -0.15) is 5.10 Å². The lowest BCUT2D eigenvalue weighted by molar-refractivity contribution is 0.102. The number of hydrogen-bond acceptors (Lipinski definition) is 2. The van der Waals surface area contributed by atoms with Gasteiger partial charge in [0, 0.05) is 14.1 Å². The van der Waals surface area contributed by atoms with Crippen molar-refractivity contribution in [2.75, 3.05) is 5.32 Å². The first-order chi connectivity index (χ1) is 11.5. The number of carbonyl (C=O) groups excluding carboxylic acids is 1. The van der Waals surface area contributed by atoms with Crippen molar-refractivity contribution >= 4 is 50.2 Å². The first-order valence-corrected chi connectivity index (χ1v) is 9.25. The normalized spacial score (nSPS) is 10.6. The number of amides is 1. The van der Waals surface area contributed by atoms with Crippen molar-refractivity contribution in [1.29, 1.82) is 0 Å². The fraction of sp³-hybridized carbons (Fsp3) is 0.111. The lowest BCUT2D eigenvalue weighted by Gasteiger charge is -2.10. The second kappa shape index (κ2) is 7.48. The molecule has 3 aromatic rings. The lowest BCUT2D eigenvalue weighted by atomic mass is 10.2. The van der Waals surface area contributed by atoms with E-state index in [2.05, 4.69) is 48.9 Å². The summed E-state index contributed by atoms with van der Waals surface area (Å²) in [6, 6.07) is 17.6. The van der Waals surface area contributed by atoms with Crippen LogP contribution in [0, 0.1) is 10.5 Å². The summed E-state index contributed by atoms with van der Waals surface area (Å²) in [7, 11) is 0. The Morgan fingerprint density at radius 1 is 1.21 bits per heavy atom. The molecule has 1 aromatic heterocycles. The van der Waals surface area contributed by atoms with Crippen molar-refractivity contribution in [3.8, 4) is 0 Å². The van der Waals surface area contributed by atoms with E-state index in [1.807, 2.05) is 66.2 Å². The molecule has 0 bridgehead atoms. The van der Waals surface area contributed by atoms with E-state index >= 15 is 0 Å². The summed E-state index contributed by atoms with van der Waals surface area (Å²) < 4.78 is 3.59. The molecule has 0 aliphatic heterocycles. The number of benzene rings is 2. The fourth-order valence-electron chi connectivity index (χ4n) is 2.38. The molecular weight excluding hydrogens is 481 g/mol. The first-order valence-electron chi connectivity index (χ1n) is 7.38. The van der Waals surface area contributed by atoms with Gasteiger partial charge in [-0.25, -0.2) is 4.68 Å². The van der Waals surface area contributed by atoms with Crippen LogP contribution in [0.5, 0.6) is 0 Å². The molecule has 0 fully saturated rings. The van der Waals surface area contributed by atoms with Crippen LogP contribution in [0.3, 0.4) is 0 Å². The molecule has 6 heteroatoms. The van der Waals surface area contributed by atoms with E-state index in [1.165, 1.54) is 0 Å². The Balaban J connectivity index is 1.85. The minimum atomic E-state index is -0.144. The van der Waals surface area contributed by atoms with Gasteiger partial charge in [0.1, 0.15) is 5.82 Å². The minimum Gasteiger partial charge on any atom is -0.307 e. The van der Waals surface area contributed by atoms with Crippen LogP contribution in [0.1, 0.15) is 21.6 Å². The Morgan fingerprint density at radius 2 is 1.96 bits per heavy atom. The van der Waals surface area contributed by atoms with E-state index in [4.69, 9.17) is 0 Å². The SMILES string of the molecule is Cc1cc(NC(=O)c2cc(Br)ccc2I)n(Cc2ccccc2)n1. The zero-order chi connectivity index (χ0) is 17.1. The summed E-state index contributed by atoms with van der Waals surface area (Å²) in [5, 5.41) is 7.46. The van der Waals surface area contributed by atoms with Gasteiger partial charge >= 0.3 is 0 Å². The van der Waals surface area contributed by atoms with Crippen molar-refractivity contribution in [2.24, 2.45) is 0 Å². The molecule has 0 saturated heterocycles. The van der Waals surface area contributed by atoms with Gasteiger partial charge in [-0.15, -0.1) is 0 Å². The number of aryl methyl sites for hydroxylation is 1. The Hall–Kier alpha value is -1.67. The quantitative estimate of drug-likeness (QED) is 0.525. The molecule has 4 nitrogen and oxygen atoms in total. The predicted molar refractivity (Wildman–Crippen MR) is 107 cm³/mol. The van der Waals surface area contributed by atoms with Crippen molar-refractivity contribution in [3.63, 3.8) is 0 Å². The molecule has 0 radical (unpaired) electrons. The third-order valence-electron chi connectivity index (χ3n) is 3.49. The van der Waals surface area contributed by atoms with Crippen LogP contribution in [-0.2, 0) is 6.54 Å². The van der Waals surface area contributed by atoms with E-state index in [-0.39, 0.29) is 5.91 Å². The minimum absolute atomic E-state index is 0.144. The summed E-state index contributed by atoms with van der Waals surface area (Å²) in [6.07, 6.45) is 0. The monoisotopic (exact) mass is 495 g/mol. The van der Waals surface area contributed by atoms with Crippen LogP contribution >= 0.6 is 38.5 Å². The average molecular weight is 496 g/mol. The molecule has 0 aliphatic rings. The number of nitrogens with one attached hydrogen (secondary N) is 1. The van der Waals surface area contributed by atoms with Crippen LogP contribution in [0.4, 0.5) is 5.82 Å². The molecule has 122 valence electrons. The Kier molecular flexibility index (Phi) is 5.35. The molecule has 1 N–H and O–H groups in total. The number of hydrogen-bond donors (Lipinski definition) is 1. The van der Waals surface area contributed by atoms with Gasteiger partial charge in [-0.05, 0) is 53.3 Å².